The molecule has 1 unspecified atom stereocenters. The Bertz CT molecular complexity index is 531. The van der Waals surface area contributed by atoms with Gasteiger partial charge in [-0.2, -0.15) is 5.10 Å². The second-order valence-corrected chi connectivity index (χ2v) is 3.82. The maximum Gasteiger partial charge on any atom is 0.310 e. The molecule has 0 aliphatic heterocycles. The van der Waals surface area contributed by atoms with Crippen molar-refractivity contribution in [3.63, 3.8) is 0 Å². The second kappa shape index (κ2) is 3.96. The molecule has 2 rings (SSSR count). The van der Waals surface area contributed by atoms with E-state index in [9.17, 15) is 4.79 Å². The van der Waals surface area contributed by atoms with Crippen LogP contribution in [-0.2, 0) is 11.3 Å². The number of hydrogen-bond acceptors (Lipinski definition) is 2. The number of carboxylic acid groups (broad SMARTS) is 1. The summed E-state index contributed by atoms with van der Waals surface area (Å²) < 4.78 is 1.82. The molecule has 1 aromatic carbocycles. The highest BCUT2D eigenvalue weighted by Crippen LogP contribution is 2.25. The fraction of sp³-hybridized carbons (Fsp3) is 0.333. The van der Waals surface area contributed by atoms with Crippen LogP contribution in [0, 0.1) is 0 Å². The van der Waals surface area contributed by atoms with E-state index in [2.05, 4.69) is 5.10 Å². The molecule has 0 radical (unpaired) electrons. The lowest BCUT2D eigenvalue weighted by atomic mass is 9.98. The van der Waals surface area contributed by atoms with E-state index in [-0.39, 0.29) is 0 Å². The van der Waals surface area contributed by atoms with Crippen molar-refractivity contribution >= 4 is 16.9 Å². The fourth-order valence-electron chi connectivity index (χ4n) is 1.79. The molecule has 1 atom stereocenters. The predicted molar refractivity (Wildman–Crippen MR) is 61.5 cm³/mol. The number of rotatable bonds is 3. The van der Waals surface area contributed by atoms with Gasteiger partial charge in [0.25, 0.3) is 0 Å². The van der Waals surface area contributed by atoms with Crippen LogP contribution >= 0.6 is 0 Å². The Labute approximate surface area is 93.5 Å². The van der Waals surface area contributed by atoms with Crippen LogP contribution in [0.15, 0.2) is 24.4 Å². The summed E-state index contributed by atoms with van der Waals surface area (Å²) in [5.41, 5.74) is 1.68. The van der Waals surface area contributed by atoms with Crippen LogP contribution in [0.4, 0.5) is 0 Å². The van der Waals surface area contributed by atoms with Gasteiger partial charge in [-0.25, -0.2) is 0 Å². The van der Waals surface area contributed by atoms with Gasteiger partial charge >= 0.3 is 5.97 Å². The molecule has 1 aromatic heterocycles. The number of fused-ring (bicyclic) bond motifs is 1. The van der Waals surface area contributed by atoms with E-state index in [0.717, 1.165) is 23.0 Å². The fourth-order valence-corrected chi connectivity index (χ4v) is 1.79. The smallest absolute Gasteiger partial charge is 0.310 e. The minimum absolute atomic E-state index is 0.502. The molecule has 0 aliphatic rings. The summed E-state index contributed by atoms with van der Waals surface area (Å²) in [7, 11) is 0. The number of nitrogens with zero attached hydrogens (tertiary/aromatic N) is 2. The first-order chi connectivity index (χ1) is 7.63. The summed E-state index contributed by atoms with van der Waals surface area (Å²) in [5, 5.41) is 14.3. The van der Waals surface area contributed by atoms with Crippen molar-refractivity contribution in [3.05, 3.63) is 30.0 Å². The Balaban J connectivity index is 2.60. The molecule has 4 nitrogen and oxygen atoms in total. The lowest BCUT2D eigenvalue weighted by Gasteiger charge is -2.06. The molecule has 0 spiro atoms. The normalized spacial score (nSPS) is 12.9. The van der Waals surface area contributed by atoms with Crippen molar-refractivity contribution in [2.45, 2.75) is 26.3 Å². The topological polar surface area (TPSA) is 55.1 Å². The molecule has 0 aliphatic carbocycles. The molecule has 1 N–H and O–H groups in total. The van der Waals surface area contributed by atoms with Crippen molar-refractivity contribution in [3.8, 4) is 0 Å². The molecule has 1 heterocycles. The van der Waals surface area contributed by atoms with E-state index >= 15 is 0 Å². The minimum atomic E-state index is -0.809. The largest absolute Gasteiger partial charge is 0.481 e. The predicted octanol–water partition coefficient (Wildman–Crippen LogP) is 2.24. The summed E-state index contributed by atoms with van der Waals surface area (Å²) in [6.45, 7) is 4.49. The summed E-state index contributed by atoms with van der Waals surface area (Å²) in [5.74, 6) is -1.31. The van der Waals surface area contributed by atoms with E-state index < -0.39 is 11.9 Å². The molecule has 84 valence electrons. The van der Waals surface area contributed by atoms with Crippen LogP contribution in [-0.4, -0.2) is 20.9 Å². The average Bonchev–Trinajstić information content (AvgIpc) is 2.70. The maximum absolute atomic E-state index is 11.0. The lowest BCUT2D eigenvalue weighted by molar-refractivity contribution is -0.138. The van der Waals surface area contributed by atoms with Crippen LogP contribution in [0.3, 0.4) is 0 Å². The van der Waals surface area contributed by atoms with Crippen molar-refractivity contribution in [1.29, 1.82) is 0 Å². The van der Waals surface area contributed by atoms with Crippen LogP contribution in [0.5, 0.6) is 0 Å². The quantitative estimate of drug-likeness (QED) is 0.859. The number of aromatic nitrogens is 2. The van der Waals surface area contributed by atoms with Gasteiger partial charge in [0.15, 0.2) is 0 Å². The molecule has 2 aromatic rings. The Morgan fingerprint density at radius 2 is 2.31 bits per heavy atom. The summed E-state index contributed by atoms with van der Waals surface area (Å²) in [6, 6.07) is 5.60. The van der Waals surface area contributed by atoms with Crippen LogP contribution in [0.2, 0.25) is 0 Å². The first-order valence-electron chi connectivity index (χ1n) is 5.32. The van der Waals surface area contributed by atoms with Gasteiger partial charge in [-0.1, -0.05) is 12.1 Å². The van der Waals surface area contributed by atoms with Crippen molar-refractivity contribution in [1.82, 2.24) is 9.78 Å². The third-order valence-corrected chi connectivity index (χ3v) is 2.79. The van der Waals surface area contributed by atoms with E-state index in [0.29, 0.717) is 0 Å². The summed E-state index contributed by atoms with van der Waals surface area (Å²) in [6.07, 6.45) is 1.91. The SMILES string of the molecule is CCn1cc2c(C(C)C(=O)O)cccc2n1. The first-order valence-corrected chi connectivity index (χ1v) is 5.32. The monoisotopic (exact) mass is 218 g/mol. The summed E-state index contributed by atoms with van der Waals surface area (Å²) in [4.78, 5) is 11.0. The zero-order valence-corrected chi connectivity index (χ0v) is 9.34. The van der Waals surface area contributed by atoms with E-state index in [1.165, 1.54) is 0 Å². The molecule has 0 saturated carbocycles. The number of carboxylic acids is 1. The zero-order chi connectivity index (χ0) is 11.7. The average molecular weight is 218 g/mol. The van der Waals surface area contributed by atoms with Gasteiger partial charge in [0.2, 0.25) is 0 Å². The third kappa shape index (κ3) is 1.66. The minimum Gasteiger partial charge on any atom is -0.481 e. The van der Waals surface area contributed by atoms with Gasteiger partial charge in [-0.05, 0) is 25.5 Å². The number of benzene rings is 1. The molecular weight excluding hydrogens is 204 g/mol. The highest BCUT2D eigenvalue weighted by Gasteiger charge is 2.17. The van der Waals surface area contributed by atoms with Gasteiger partial charge in [0.1, 0.15) is 0 Å². The Morgan fingerprint density at radius 1 is 1.56 bits per heavy atom. The molecule has 4 heteroatoms. The Morgan fingerprint density at radius 3 is 2.94 bits per heavy atom. The van der Waals surface area contributed by atoms with Gasteiger partial charge in [-0.15, -0.1) is 0 Å². The van der Waals surface area contributed by atoms with Crippen molar-refractivity contribution in [2.75, 3.05) is 0 Å². The summed E-state index contributed by atoms with van der Waals surface area (Å²) >= 11 is 0. The van der Waals surface area contributed by atoms with Crippen LogP contribution in [0.25, 0.3) is 10.9 Å². The maximum atomic E-state index is 11.0. The van der Waals surface area contributed by atoms with Crippen LogP contribution < -0.4 is 0 Å². The zero-order valence-electron chi connectivity index (χ0n) is 9.34. The van der Waals surface area contributed by atoms with Crippen molar-refractivity contribution < 1.29 is 9.90 Å². The lowest BCUT2D eigenvalue weighted by Crippen LogP contribution is -2.07. The second-order valence-electron chi connectivity index (χ2n) is 3.82. The molecule has 0 bridgehead atoms. The van der Waals surface area contributed by atoms with Gasteiger partial charge in [0.05, 0.1) is 11.4 Å². The Hall–Kier alpha value is -1.84. The number of aryl methyl sites for hydroxylation is 1. The highest BCUT2D eigenvalue weighted by molar-refractivity contribution is 5.88. The van der Waals surface area contributed by atoms with Crippen LogP contribution in [0.1, 0.15) is 25.3 Å². The van der Waals surface area contributed by atoms with E-state index in [1.807, 2.05) is 36.0 Å². The van der Waals surface area contributed by atoms with Gasteiger partial charge in [-0.3, -0.25) is 9.48 Å². The van der Waals surface area contributed by atoms with Gasteiger partial charge < -0.3 is 5.11 Å². The number of carbonyl (C=O) groups is 1. The highest BCUT2D eigenvalue weighted by atomic mass is 16.4. The first kappa shape index (κ1) is 10.7. The van der Waals surface area contributed by atoms with Crippen molar-refractivity contribution in [2.24, 2.45) is 0 Å². The molecule has 0 saturated heterocycles. The Kier molecular flexibility index (Phi) is 2.64. The molecule has 0 fully saturated rings. The molecule has 16 heavy (non-hydrogen) atoms. The number of aliphatic carboxylic acids is 1. The number of hydrogen-bond donors (Lipinski definition) is 1. The van der Waals surface area contributed by atoms with Gasteiger partial charge in [0, 0.05) is 18.1 Å². The van der Waals surface area contributed by atoms with E-state index in [4.69, 9.17) is 5.11 Å². The third-order valence-electron chi connectivity index (χ3n) is 2.79. The molecular formula is C12H14N2O2. The van der Waals surface area contributed by atoms with E-state index in [1.54, 1.807) is 6.92 Å². The molecule has 0 amide bonds. The standard InChI is InChI=1S/C12H14N2O2/c1-3-14-7-10-9(8(2)12(15)16)5-4-6-11(10)13-14/h4-8H,3H2,1-2H3,(H,15,16).